The molecule has 1 unspecified atom stereocenters. The van der Waals surface area contributed by atoms with E-state index < -0.39 is 11.0 Å². The second-order valence-corrected chi connectivity index (χ2v) is 11.0. The molecule has 10 heteroatoms. The number of rotatable bonds is 4. The van der Waals surface area contributed by atoms with Gasteiger partial charge in [-0.1, -0.05) is 6.92 Å². The van der Waals surface area contributed by atoms with Crippen molar-refractivity contribution in [3.05, 3.63) is 35.8 Å². The van der Waals surface area contributed by atoms with Gasteiger partial charge < -0.3 is 24.2 Å². The Balaban J connectivity index is 1.71. The molecule has 1 saturated heterocycles. The average molecular weight is 494 g/mol. The molecule has 1 amide bonds. The van der Waals surface area contributed by atoms with Crippen molar-refractivity contribution in [1.82, 2.24) is 19.9 Å². The summed E-state index contributed by atoms with van der Waals surface area (Å²) >= 11 is 0. The molecule has 4 rings (SSSR count). The molecule has 2 aliphatic heterocycles. The zero-order valence-corrected chi connectivity index (χ0v) is 22.1. The highest BCUT2D eigenvalue weighted by atomic mass is 16.6. The fraction of sp³-hybridized carbons (Fsp3) is 0.577. The van der Waals surface area contributed by atoms with E-state index in [0.717, 1.165) is 17.2 Å². The maximum atomic E-state index is 12.8. The first kappa shape index (κ1) is 25.6. The number of aromatic nitrogens is 3. The van der Waals surface area contributed by atoms with Crippen LogP contribution in [0.4, 0.5) is 22.2 Å². The molecule has 4 heterocycles. The van der Waals surface area contributed by atoms with Crippen LogP contribution in [0.5, 0.6) is 0 Å². The molecule has 2 aliphatic rings. The van der Waals surface area contributed by atoms with E-state index in [4.69, 9.17) is 14.5 Å². The van der Waals surface area contributed by atoms with Gasteiger partial charge in [-0.05, 0) is 46.8 Å². The van der Waals surface area contributed by atoms with Crippen molar-refractivity contribution in [2.24, 2.45) is 0 Å². The van der Waals surface area contributed by atoms with Gasteiger partial charge in [0.05, 0.1) is 18.2 Å². The summed E-state index contributed by atoms with van der Waals surface area (Å²) in [6, 6.07) is 5.59. The van der Waals surface area contributed by atoms with Gasteiger partial charge in [0.1, 0.15) is 29.4 Å². The standard InChI is InChI=1S/C26H35N7O3/c1-17-13-32(24(34)36-25(3,4)5)18(2)12-31(17)22-21-23(30-16-29-22)33(14-26(21,6)15-35-7)20-10-19(11-27)8-9-28-20/h8-10,16-18H,12-15H2,1-7H3/t17-,18+,26?/m0/s1. The summed E-state index contributed by atoms with van der Waals surface area (Å²) in [4.78, 5) is 32.9. The Morgan fingerprint density at radius 2 is 1.92 bits per heavy atom. The predicted molar refractivity (Wildman–Crippen MR) is 136 cm³/mol. The topological polar surface area (TPSA) is 108 Å². The average Bonchev–Trinajstić information content (AvgIpc) is 3.12. The van der Waals surface area contributed by atoms with Crippen LogP contribution in [0.2, 0.25) is 0 Å². The number of carbonyl (C=O) groups excluding carboxylic acids is 1. The Kier molecular flexibility index (Phi) is 6.80. The highest BCUT2D eigenvalue weighted by Gasteiger charge is 2.46. The van der Waals surface area contributed by atoms with Gasteiger partial charge in [-0.25, -0.2) is 19.7 Å². The minimum atomic E-state index is -0.549. The van der Waals surface area contributed by atoms with Gasteiger partial charge in [-0.2, -0.15) is 5.26 Å². The number of pyridine rings is 1. The van der Waals surface area contributed by atoms with Gasteiger partial charge in [0, 0.05) is 56.0 Å². The molecule has 1 fully saturated rings. The van der Waals surface area contributed by atoms with Crippen molar-refractivity contribution >= 4 is 23.5 Å². The van der Waals surface area contributed by atoms with Crippen LogP contribution in [0.3, 0.4) is 0 Å². The molecular formula is C26H35N7O3. The van der Waals surface area contributed by atoms with E-state index in [9.17, 15) is 10.1 Å². The van der Waals surface area contributed by atoms with Crippen LogP contribution in [0.25, 0.3) is 0 Å². The number of nitrogens with zero attached hydrogens (tertiary/aromatic N) is 7. The molecule has 0 bridgehead atoms. The minimum absolute atomic E-state index is 0.00797. The van der Waals surface area contributed by atoms with Crippen molar-refractivity contribution in [2.45, 2.75) is 64.6 Å². The summed E-state index contributed by atoms with van der Waals surface area (Å²) in [5.41, 5.74) is 0.570. The lowest BCUT2D eigenvalue weighted by atomic mass is 9.85. The van der Waals surface area contributed by atoms with Crippen LogP contribution in [-0.4, -0.2) is 77.0 Å². The summed E-state index contributed by atoms with van der Waals surface area (Å²) in [7, 11) is 1.69. The molecule has 192 valence electrons. The highest BCUT2D eigenvalue weighted by molar-refractivity contribution is 5.75. The molecule has 0 N–H and O–H groups in total. The molecule has 0 aromatic carbocycles. The van der Waals surface area contributed by atoms with E-state index in [1.54, 1.807) is 36.7 Å². The molecule has 36 heavy (non-hydrogen) atoms. The van der Waals surface area contributed by atoms with Crippen molar-refractivity contribution in [2.75, 3.05) is 43.2 Å². The monoisotopic (exact) mass is 493 g/mol. The van der Waals surface area contributed by atoms with Crippen molar-refractivity contribution in [1.29, 1.82) is 5.26 Å². The van der Waals surface area contributed by atoms with Gasteiger partial charge in [0.15, 0.2) is 0 Å². The van der Waals surface area contributed by atoms with E-state index in [0.29, 0.717) is 37.6 Å². The van der Waals surface area contributed by atoms with E-state index >= 15 is 0 Å². The van der Waals surface area contributed by atoms with E-state index in [1.807, 2.05) is 32.6 Å². The quantitative estimate of drug-likeness (QED) is 0.631. The second kappa shape index (κ2) is 9.54. The Bertz CT molecular complexity index is 1170. The van der Waals surface area contributed by atoms with Gasteiger partial charge in [-0.3, -0.25) is 0 Å². The number of ether oxygens (including phenoxy) is 2. The summed E-state index contributed by atoms with van der Waals surface area (Å²) in [6.45, 7) is 14.1. The summed E-state index contributed by atoms with van der Waals surface area (Å²) < 4.78 is 11.3. The number of carbonyl (C=O) groups is 1. The summed E-state index contributed by atoms with van der Waals surface area (Å²) in [5, 5.41) is 9.39. The van der Waals surface area contributed by atoms with Crippen LogP contribution in [0.1, 0.15) is 52.7 Å². The maximum Gasteiger partial charge on any atom is 0.410 e. The normalized spacial score (nSPS) is 23.9. The van der Waals surface area contributed by atoms with E-state index in [1.165, 1.54) is 0 Å². The number of nitriles is 1. The third-order valence-corrected chi connectivity index (χ3v) is 6.67. The lowest BCUT2D eigenvalue weighted by molar-refractivity contribution is 0.0129. The Labute approximate surface area is 212 Å². The van der Waals surface area contributed by atoms with Crippen molar-refractivity contribution in [3.8, 4) is 6.07 Å². The third kappa shape index (κ3) is 4.80. The Morgan fingerprint density at radius 1 is 1.19 bits per heavy atom. The first-order valence-corrected chi connectivity index (χ1v) is 12.2. The molecule has 0 saturated carbocycles. The SMILES string of the molecule is COCC1(C)CN(c2cc(C#N)ccn2)c2ncnc(N3C[C@@H](C)N(C(=O)OC(C)(C)C)C[C@@H]3C)c21. The highest BCUT2D eigenvalue weighted by Crippen LogP contribution is 2.47. The van der Waals surface area contributed by atoms with Gasteiger partial charge >= 0.3 is 6.09 Å². The van der Waals surface area contributed by atoms with Crippen molar-refractivity contribution < 1.29 is 14.3 Å². The zero-order valence-electron chi connectivity index (χ0n) is 22.1. The fourth-order valence-electron chi connectivity index (χ4n) is 5.09. The predicted octanol–water partition coefficient (Wildman–Crippen LogP) is 3.63. The first-order chi connectivity index (χ1) is 17.0. The third-order valence-electron chi connectivity index (χ3n) is 6.67. The number of piperazine rings is 1. The van der Waals surface area contributed by atoms with Gasteiger partial charge in [-0.15, -0.1) is 0 Å². The van der Waals surface area contributed by atoms with Crippen LogP contribution in [-0.2, 0) is 14.9 Å². The fourth-order valence-corrected chi connectivity index (χ4v) is 5.09. The lowest BCUT2D eigenvalue weighted by Gasteiger charge is -2.45. The summed E-state index contributed by atoms with van der Waals surface area (Å²) in [6.07, 6.45) is 2.92. The number of hydrogen-bond acceptors (Lipinski definition) is 9. The molecular weight excluding hydrogens is 458 g/mol. The molecule has 2 aromatic rings. The molecule has 0 aliphatic carbocycles. The number of anilines is 3. The molecule has 0 radical (unpaired) electrons. The summed E-state index contributed by atoms with van der Waals surface area (Å²) in [5.74, 6) is 2.26. The zero-order chi connectivity index (χ0) is 26.3. The van der Waals surface area contributed by atoms with Crippen LogP contribution in [0.15, 0.2) is 24.7 Å². The molecule has 0 spiro atoms. The first-order valence-electron chi connectivity index (χ1n) is 12.2. The second-order valence-electron chi connectivity index (χ2n) is 11.0. The number of fused-ring (bicyclic) bond motifs is 1. The van der Waals surface area contributed by atoms with Crippen LogP contribution in [0, 0.1) is 11.3 Å². The molecule has 10 nitrogen and oxygen atoms in total. The molecule has 2 aromatic heterocycles. The van der Waals surface area contributed by atoms with Crippen molar-refractivity contribution in [3.63, 3.8) is 0 Å². The largest absolute Gasteiger partial charge is 0.444 e. The van der Waals surface area contributed by atoms with E-state index in [2.05, 4.69) is 34.8 Å². The lowest BCUT2D eigenvalue weighted by Crippen LogP contribution is -2.59. The Hall–Kier alpha value is -3.45. The smallest absolute Gasteiger partial charge is 0.410 e. The number of hydrogen-bond donors (Lipinski definition) is 0. The minimum Gasteiger partial charge on any atom is -0.444 e. The van der Waals surface area contributed by atoms with Crippen LogP contribution >= 0.6 is 0 Å². The van der Waals surface area contributed by atoms with E-state index in [-0.39, 0.29) is 18.2 Å². The number of methoxy groups -OCH3 is 1. The van der Waals surface area contributed by atoms with Crippen LogP contribution < -0.4 is 9.80 Å². The molecule has 3 atom stereocenters. The number of amides is 1. The maximum absolute atomic E-state index is 12.8. The van der Waals surface area contributed by atoms with Gasteiger partial charge in [0.25, 0.3) is 0 Å². The Morgan fingerprint density at radius 3 is 2.58 bits per heavy atom. The van der Waals surface area contributed by atoms with Gasteiger partial charge in [0.2, 0.25) is 0 Å².